The van der Waals surface area contributed by atoms with E-state index in [-0.39, 0.29) is 0 Å². The third-order valence-electron chi connectivity index (χ3n) is 2.74. The van der Waals surface area contributed by atoms with Gasteiger partial charge in [-0.15, -0.1) is 10.2 Å². The molecule has 1 atom stereocenters. The highest BCUT2D eigenvalue weighted by molar-refractivity contribution is 5.02. The van der Waals surface area contributed by atoms with Crippen molar-refractivity contribution in [3.05, 3.63) is 11.8 Å². The molecule has 1 saturated heterocycles. The van der Waals surface area contributed by atoms with Crippen molar-refractivity contribution in [1.82, 2.24) is 15.5 Å². The molecule has 13 heavy (non-hydrogen) atoms. The maximum Gasteiger partial charge on any atom is 0.233 e. The molecule has 4 heteroatoms. The molecule has 1 saturated carbocycles. The van der Waals surface area contributed by atoms with Gasteiger partial charge in [-0.2, -0.15) is 0 Å². The molecule has 0 unspecified atom stereocenters. The van der Waals surface area contributed by atoms with Crippen LogP contribution in [0.3, 0.4) is 0 Å². The van der Waals surface area contributed by atoms with Crippen molar-refractivity contribution in [2.24, 2.45) is 0 Å². The number of aromatic nitrogens is 2. The predicted molar refractivity (Wildman–Crippen MR) is 46.3 cm³/mol. The molecule has 1 aliphatic heterocycles. The molecule has 0 radical (unpaired) electrons. The van der Waals surface area contributed by atoms with Crippen LogP contribution in [0.25, 0.3) is 0 Å². The summed E-state index contributed by atoms with van der Waals surface area (Å²) < 4.78 is 5.61. The van der Waals surface area contributed by atoms with Crippen LogP contribution in [0.5, 0.6) is 0 Å². The second kappa shape index (κ2) is 2.80. The molecule has 2 heterocycles. The first-order valence-corrected chi connectivity index (χ1v) is 5.00. The summed E-state index contributed by atoms with van der Waals surface area (Å²) in [6.07, 6.45) is 4.79. The highest BCUT2D eigenvalue weighted by Crippen LogP contribution is 2.39. The van der Waals surface area contributed by atoms with Crippen molar-refractivity contribution in [2.45, 2.75) is 37.6 Å². The Morgan fingerprint density at radius 1 is 1.15 bits per heavy atom. The minimum absolute atomic E-state index is 0.319. The van der Waals surface area contributed by atoms with E-state index in [1.54, 1.807) is 0 Å². The zero-order valence-corrected chi connectivity index (χ0v) is 7.49. The number of nitrogens with zero attached hydrogens (tertiary/aromatic N) is 2. The molecular formula is C9H13N3O. The summed E-state index contributed by atoms with van der Waals surface area (Å²) in [6, 6.07) is 0.319. The molecule has 70 valence electrons. The molecule has 0 aromatic carbocycles. The van der Waals surface area contributed by atoms with Crippen LogP contribution >= 0.6 is 0 Å². The van der Waals surface area contributed by atoms with Gasteiger partial charge in [-0.25, -0.2) is 0 Å². The van der Waals surface area contributed by atoms with E-state index in [9.17, 15) is 0 Å². The van der Waals surface area contributed by atoms with Crippen LogP contribution in [0, 0.1) is 0 Å². The molecular weight excluding hydrogens is 166 g/mol. The van der Waals surface area contributed by atoms with Gasteiger partial charge >= 0.3 is 0 Å². The molecule has 2 fully saturated rings. The van der Waals surface area contributed by atoms with Gasteiger partial charge in [0.25, 0.3) is 0 Å². The maximum absolute atomic E-state index is 5.61. The van der Waals surface area contributed by atoms with Crippen molar-refractivity contribution in [2.75, 3.05) is 6.54 Å². The molecule has 1 aromatic heterocycles. The van der Waals surface area contributed by atoms with Crippen molar-refractivity contribution < 1.29 is 4.42 Å². The topological polar surface area (TPSA) is 51.0 Å². The number of hydrogen-bond donors (Lipinski definition) is 1. The highest BCUT2D eigenvalue weighted by Gasteiger charge is 2.31. The first-order chi connectivity index (χ1) is 6.43. The number of nitrogens with one attached hydrogen (secondary N) is 1. The van der Waals surface area contributed by atoms with Gasteiger partial charge in [-0.1, -0.05) is 0 Å². The molecule has 1 N–H and O–H groups in total. The summed E-state index contributed by atoms with van der Waals surface area (Å²) in [6.45, 7) is 1.08. The van der Waals surface area contributed by atoms with Crippen molar-refractivity contribution in [1.29, 1.82) is 0 Å². The van der Waals surface area contributed by atoms with Gasteiger partial charge in [-0.05, 0) is 32.2 Å². The zero-order chi connectivity index (χ0) is 8.67. The third-order valence-corrected chi connectivity index (χ3v) is 2.74. The normalized spacial score (nSPS) is 28.2. The van der Waals surface area contributed by atoms with Crippen molar-refractivity contribution >= 4 is 0 Å². The molecule has 0 bridgehead atoms. The smallest absolute Gasteiger partial charge is 0.233 e. The second-order valence-electron chi connectivity index (χ2n) is 3.90. The van der Waals surface area contributed by atoms with E-state index in [0.29, 0.717) is 12.0 Å². The summed E-state index contributed by atoms with van der Waals surface area (Å²) in [5.74, 6) is 2.21. The molecule has 3 rings (SSSR count). The summed E-state index contributed by atoms with van der Waals surface area (Å²) >= 11 is 0. The predicted octanol–water partition coefficient (Wildman–Crippen LogP) is 1.37. The van der Waals surface area contributed by atoms with Gasteiger partial charge < -0.3 is 9.73 Å². The van der Waals surface area contributed by atoms with Gasteiger partial charge in [0.05, 0.1) is 6.04 Å². The number of hydrogen-bond acceptors (Lipinski definition) is 4. The summed E-state index contributed by atoms with van der Waals surface area (Å²) in [4.78, 5) is 0. The Labute approximate surface area is 76.7 Å². The Balaban J connectivity index is 1.79. The van der Waals surface area contributed by atoms with E-state index in [1.165, 1.54) is 19.3 Å². The van der Waals surface area contributed by atoms with Crippen LogP contribution in [-0.2, 0) is 0 Å². The Bertz CT molecular complexity index is 300. The maximum atomic E-state index is 5.61. The van der Waals surface area contributed by atoms with Crippen LogP contribution in [0.15, 0.2) is 4.42 Å². The van der Waals surface area contributed by atoms with E-state index in [0.717, 1.165) is 24.7 Å². The van der Waals surface area contributed by atoms with E-state index in [2.05, 4.69) is 15.5 Å². The van der Waals surface area contributed by atoms with E-state index < -0.39 is 0 Å². The first-order valence-electron chi connectivity index (χ1n) is 5.00. The van der Waals surface area contributed by atoms with Crippen molar-refractivity contribution in [3.63, 3.8) is 0 Å². The number of rotatable bonds is 2. The minimum atomic E-state index is 0.319. The molecule has 4 nitrogen and oxygen atoms in total. The van der Waals surface area contributed by atoms with E-state index in [4.69, 9.17) is 4.42 Å². The lowest BCUT2D eigenvalue weighted by molar-refractivity contribution is 0.403. The van der Waals surface area contributed by atoms with E-state index >= 15 is 0 Å². The summed E-state index contributed by atoms with van der Waals surface area (Å²) in [5, 5.41) is 11.5. The quantitative estimate of drug-likeness (QED) is 0.745. The van der Waals surface area contributed by atoms with Gasteiger partial charge in [0.1, 0.15) is 0 Å². The largest absolute Gasteiger partial charge is 0.423 e. The monoisotopic (exact) mass is 179 g/mol. The van der Waals surface area contributed by atoms with E-state index in [1.807, 2.05) is 0 Å². The minimum Gasteiger partial charge on any atom is -0.423 e. The Morgan fingerprint density at radius 2 is 2.00 bits per heavy atom. The fourth-order valence-corrected chi connectivity index (χ4v) is 1.78. The highest BCUT2D eigenvalue weighted by atomic mass is 16.4. The van der Waals surface area contributed by atoms with Crippen LogP contribution in [0.4, 0.5) is 0 Å². The summed E-state index contributed by atoms with van der Waals surface area (Å²) in [5.41, 5.74) is 0. The van der Waals surface area contributed by atoms with Crippen LogP contribution in [0.2, 0.25) is 0 Å². The average Bonchev–Trinajstić information content (AvgIpc) is 2.72. The standard InChI is InChI=1S/C9H13N3O/c1-2-7(10-5-1)9-12-11-8(13-9)6-3-4-6/h6-7,10H,1-5H2/t7-/m1/s1. The van der Waals surface area contributed by atoms with Gasteiger partial charge in [-0.3, -0.25) is 0 Å². The van der Waals surface area contributed by atoms with Crippen molar-refractivity contribution in [3.8, 4) is 0 Å². The summed E-state index contributed by atoms with van der Waals surface area (Å²) in [7, 11) is 0. The fourth-order valence-electron chi connectivity index (χ4n) is 1.78. The molecule has 2 aliphatic rings. The zero-order valence-electron chi connectivity index (χ0n) is 7.49. The Morgan fingerprint density at radius 3 is 2.69 bits per heavy atom. The third kappa shape index (κ3) is 1.35. The SMILES string of the molecule is C1CN[C@@H](c2nnc(C3CC3)o2)C1. The lowest BCUT2D eigenvalue weighted by Gasteiger charge is -2.01. The molecule has 0 amide bonds. The lowest BCUT2D eigenvalue weighted by Crippen LogP contribution is -2.12. The van der Waals surface area contributed by atoms with Crippen LogP contribution in [-0.4, -0.2) is 16.7 Å². The Hall–Kier alpha value is -0.900. The molecule has 1 aliphatic carbocycles. The Kier molecular flexibility index (Phi) is 1.62. The lowest BCUT2D eigenvalue weighted by atomic mass is 10.2. The average molecular weight is 179 g/mol. The van der Waals surface area contributed by atoms with Crippen LogP contribution in [0.1, 0.15) is 49.4 Å². The molecule has 1 aromatic rings. The van der Waals surface area contributed by atoms with Gasteiger partial charge in [0, 0.05) is 5.92 Å². The first kappa shape index (κ1) is 7.50. The molecule has 0 spiro atoms. The van der Waals surface area contributed by atoms with Gasteiger partial charge in [0.15, 0.2) is 0 Å². The van der Waals surface area contributed by atoms with Crippen LogP contribution < -0.4 is 5.32 Å². The second-order valence-corrected chi connectivity index (χ2v) is 3.90. The fraction of sp³-hybridized carbons (Fsp3) is 0.778. The van der Waals surface area contributed by atoms with Gasteiger partial charge in [0.2, 0.25) is 11.8 Å².